The molecule has 0 aromatic heterocycles. The van der Waals surface area contributed by atoms with Crippen molar-refractivity contribution in [3.05, 3.63) is 28.8 Å². The van der Waals surface area contributed by atoms with Gasteiger partial charge in [0, 0.05) is 43.5 Å². The summed E-state index contributed by atoms with van der Waals surface area (Å²) in [5.74, 6) is 0. The molecule has 0 amide bonds. The van der Waals surface area contributed by atoms with Crippen LogP contribution in [0.15, 0.2) is 18.2 Å². The van der Waals surface area contributed by atoms with Crippen LogP contribution in [0.1, 0.15) is 26.3 Å². The number of ether oxygens (including phenoxy) is 1. The molecule has 1 N–H and O–H groups in total. The molecule has 1 aromatic rings. The van der Waals surface area contributed by atoms with E-state index in [0.717, 1.165) is 31.3 Å². The molecule has 0 bridgehead atoms. The van der Waals surface area contributed by atoms with Gasteiger partial charge >= 0.3 is 0 Å². The molecule has 0 saturated heterocycles. The SMILES string of the molecule is CCN(c1cc(Cl)ccc1CNCCOC)C(C)C. The number of anilines is 1. The third kappa shape index (κ3) is 5.01. The van der Waals surface area contributed by atoms with E-state index in [0.29, 0.717) is 6.04 Å². The summed E-state index contributed by atoms with van der Waals surface area (Å²) in [6, 6.07) is 6.56. The van der Waals surface area contributed by atoms with E-state index in [9.17, 15) is 0 Å². The van der Waals surface area contributed by atoms with Crippen molar-refractivity contribution in [2.45, 2.75) is 33.4 Å². The van der Waals surface area contributed by atoms with Gasteiger partial charge in [0.25, 0.3) is 0 Å². The largest absolute Gasteiger partial charge is 0.383 e. The molecule has 0 radical (unpaired) electrons. The van der Waals surface area contributed by atoms with Crippen molar-refractivity contribution in [3.8, 4) is 0 Å². The van der Waals surface area contributed by atoms with Gasteiger partial charge in [-0.3, -0.25) is 0 Å². The van der Waals surface area contributed by atoms with Crippen LogP contribution in [0.4, 0.5) is 5.69 Å². The second kappa shape index (κ2) is 8.41. The Hall–Kier alpha value is -0.770. The number of halogens is 1. The number of methoxy groups -OCH3 is 1. The highest BCUT2D eigenvalue weighted by molar-refractivity contribution is 6.30. The Kier molecular flexibility index (Phi) is 7.21. The molecular formula is C15H25ClN2O. The number of nitrogens with zero attached hydrogens (tertiary/aromatic N) is 1. The van der Waals surface area contributed by atoms with Crippen LogP contribution in [0, 0.1) is 0 Å². The molecule has 108 valence electrons. The van der Waals surface area contributed by atoms with E-state index in [-0.39, 0.29) is 0 Å². The van der Waals surface area contributed by atoms with E-state index in [1.807, 2.05) is 6.07 Å². The highest BCUT2D eigenvalue weighted by Crippen LogP contribution is 2.26. The van der Waals surface area contributed by atoms with E-state index in [4.69, 9.17) is 16.3 Å². The van der Waals surface area contributed by atoms with Crippen LogP contribution in [-0.4, -0.2) is 32.8 Å². The number of hydrogen-bond acceptors (Lipinski definition) is 3. The normalized spacial score (nSPS) is 11.1. The van der Waals surface area contributed by atoms with Gasteiger partial charge in [0.1, 0.15) is 0 Å². The molecule has 0 aliphatic rings. The smallest absolute Gasteiger partial charge is 0.0587 e. The van der Waals surface area contributed by atoms with E-state index in [2.05, 4.69) is 43.1 Å². The Morgan fingerprint density at radius 1 is 1.37 bits per heavy atom. The van der Waals surface area contributed by atoms with Gasteiger partial charge in [-0.05, 0) is 38.5 Å². The van der Waals surface area contributed by atoms with E-state index >= 15 is 0 Å². The third-order valence-corrected chi connectivity index (χ3v) is 3.35. The maximum absolute atomic E-state index is 6.14. The molecule has 0 heterocycles. The number of nitrogens with one attached hydrogen (secondary N) is 1. The zero-order valence-electron chi connectivity index (χ0n) is 12.4. The van der Waals surface area contributed by atoms with Crippen molar-refractivity contribution in [2.24, 2.45) is 0 Å². The first-order valence-electron chi connectivity index (χ1n) is 6.84. The van der Waals surface area contributed by atoms with Crippen LogP contribution >= 0.6 is 11.6 Å². The summed E-state index contributed by atoms with van der Waals surface area (Å²) in [5, 5.41) is 4.17. The average Bonchev–Trinajstić information content (AvgIpc) is 2.37. The zero-order valence-corrected chi connectivity index (χ0v) is 13.1. The van der Waals surface area contributed by atoms with Gasteiger partial charge in [-0.25, -0.2) is 0 Å². The van der Waals surface area contributed by atoms with Gasteiger partial charge < -0.3 is 15.0 Å². The molecule has 1 aromatic carbocycles. The predicted octanol–water partition coefficient (Wildman–Crippen LogP) is 3.31. The number of hydrogen-bond donors (Lipinski definition) is 1. The lowest BCUT2D eigenvalue weighted by Crippen LogP contribution is -2.32. The maximum Gasteiger partial charge on any atom is 0.0587 e. The predicted molar refractivity (Wildman–Crippen MR) is 83.2 cm³/mol. The highest BCUT2D eigenvalue weighted by atomic mass is 35.5. The Bertz CT molecular complexity index is 382. The second-order valence-corrected chi connectivity index (χ2v) is 5.26. The number of rotatable bonds is 8. The standard InChI is InChI=1S/C15H25ClN2O/c1-5-18(12(2)3)15-10-14(16)7-6-13(15)11-17-8-9-19-4/h6-7,10,12,17H,5,8-9,11H2,1-4H3. The van der Waals surface area contributed by atoms with Crippen molar-refractivity contribution >= 4 is 17.3 Å². The molecule has 0 atom stereocenters. The molecule has 0 spiro atoms. The Morgan fingerprint density at radius 2 is 2.11 bits per heavy atom. The van der Waals surface area contributed by atoms with Crippen molar-refractivity contribution in [2.75, 3.05) is 31.7 Å². The summed E-state index contributed by atoms with van der Waals surface area (Å²) < 4.78 is 5.04. The molecule has 3 nitrogen and oxygen atoms in total. The van der Waals surface area contributed by atoms with E-state index < -0.39 is 0 Å². The third-order valence-electron chi connectivity index (χ3n) is 3.12. The summed E-state index contributed by atoms with van der Waals surface area (Å²) >= 11 is 6.14. The fourth-order valence-electron chi connectivity index (χ4n) is 2.16. The maximum atomic E-state index is 6.14. The Balaban J connectivity index is 2.84. The first-order valence-corrected chi connectivity index (χ1v) is 7.22. The average molecular weight is 285 g/mol. The van der Waals surface area contributed by atoms with Gasteiger partial charge in [-0.15, -0.1) is 0 Å². The van der Waals surface area contributed by atoms with Gasteiger partial charge in [0.2, 0.25) is 0 Å². The van der Waals surface area contributed by atoms with Crippen LogP contribution < -0.4 is 10.2 Å². The lowest BCUT2D eigenvalue weighted by Gasteiger charge is -2.30. The number of benzene rings is 1. The Morgan fingerprint density at radius 3 is 2.68 bits per heavy atom. The van der Waals surface area contributed by atoms with Crippen molar-refractivity contribution in [1.82, 2.24) is 5.32 Å². The van der Waals surface area contributed by atoms with Gasteiger partial charge in [-0.2, -0.15) is 0 Å². The minimum Gasteiger partial charge on any atom is -0.383 e. The molecular weight excluding hydrogens is 260 g/mol. The molecule has 19 heavy (non-hydrogen) atoms. The summed E-state index contributed by atoms with van der Waals surface area (Å²) in [7, 11) is 1.72. The van der Waals surface area contributed by atoms with Crippen molar-refractivity contribution < 1.29 is 4.74 Å². The summed E-state index contributed by atoms with van der Waals surface area (Å²) in [5.41, 5.74) is 2.49. The summed E-state index contributed by atoms with van der Waals surface area (Å²) in [6.07, 6.45) is 0. The second-order valence-electron chi connectivity index (χ2n) is 4.82. The first kappa shape index (κ1) is 16.3. The lowest BCUT2D eigenvalue weighted by atomic mass is 10.1. The van der Waals surface area contributed by atoms with E-state index in [1.54, 1.807) is 7.11 Å². The van der Waals surface area contributed by atoms with Crippen LogP contribution in [0.25, 0.3) is 0 Å². The molecule has 0 aliphatic heterocycles. The minimum atomic E-state index is 0.459. The van der Waals surface area contributed by atoms with Gasteiger partial charge in [0.05, 0.1) is 6.61 Å². The topological polar surface area (TPSA) is 24.5 Å². The quantitative estimate of drug-likeness (QED) is 0.741. The summed E-state index contributed by atoms with van der Waals surface area (Å²) in [4.78, 5) is 2.36. The molecule has 0 aliphatic carbocycles. The van der Waals surface area contributed by atoms with Crippen LogP contribution in [0.3, 0.4) is 0 Å². The van der Waals surface area contributed by atoms with Gasteiger partial charge in [-0.1, -0.05) is 17.7 Å². The molecule has 0 unspecified atom stereocenters. The van der Waals surface area contributed by atoms with Crippen LogP contribution in [0.5, 0.6) is 0 Å². The molecule has 1 rings (SSSR count). The van der Waals surface area contributed by atoms with Crippen LogP contribution in [-0.2, 0) is 11.3 Å². The fraction of sp³-hybridized carbons (Fsp3) is 0.600. The molecule has 4 heteroatoms. The molecule has 0 fully saturated rings. The Labute approximate surface area is 121 Å². The van der Waals surface area contributed by atoms with Gasteiger partial charge in [0.15, 0.2) is 0 Å². The minimum absolute atomic E-state index is 0.459. The highest BCUT2D eigenvalue weighted by Gasteiger charge is 2.13. The first-order chi connectivity index (χ1) is 9.10. The molecule has 0 saturated carbocycles. The summed E-state index contributed by atoms with van der Waals surface area (Å²) in [6.45, 7) is 9.96. The van der Waals surface area contributed by atoms with Crippen molar-refractivity contribution in [1.29, 1.82) is 0 Å². The monoisotopic (exact) mass is 284 g/mol. The van der Waals surface area contributed by atoms with Crippen LogP contribution in [0.2, 0.25) is 5.02 Å². The lowest BCUT2D eigenvalue weighted by molar-refractivity contribution is 0.199. The van der Waals surface area contributed by atoms with Crippen molar-refractivity contribution in [3.63, 3.8) is 0 Å². The van der Waals surface area contributed by atoms with E-state index in [1.165, 1.54) is 11.3 Å². The zero-order chi connectivity index (χ0) is 14.3. The fourth-order valence-corrected chi connectivity index (χ4v) is 2.33.